The largest absolute Gasteiger partial charge is 0.476 e. The van der Waals surface area contributed by atoms with Crippen LogP contribution in [0.4, 0.5) is 11.5 Å². The van der Waals surface area contributed by atoms with E-state index in [-0.39, 0.29) is 12.4 Å². The number of pyridine rings is 1. The summed E-state index contributed by atoms with van der Waals surface area (Å²) in [4.78, 5) is 26.5. The number of anilines is 1. The van der Waals surface area contributed by atoms with Crippen LogP contribution in [0.5, 0.6) is 5.75 Å². The van der Waals surface area contributed by atoms with Gasteiger partial charge in [-0.05, 0) is 64.5 Å². The highest BCUT2D eigenvalue weighted by Gasteiger charge is 2.16. The van der Waals surface area contributed by atoms with Crippen molar-refractivity contribution in [3.8, 4) is 11.2 Å². The number of thiocyanates is 1. The van der Waals surface area contributed by atoms with Crippen LogP contribution in [0.2, 0.25) is 0 Å². The molecular weight excluding hydrogens is 332 g/mol. The molecule has 0 bridgehead atoms. The number of aryl methyl sites for hydroxylation is 1. The molecule has 1 aromatic carbocycles. The van der Waals surface area contributed by atoms with Crippen LogP contribution in [-0.4, -0.2) is 22.4 Å². The number of amides is 1. The second-order valence-electron chi connectivity index (χ2n) is 4.59. The number of benzene rings is 1. The van der Waals surface area contributed by atoms with Gasteiger partial charge in [0.15, 0.2) is 6.61 Å². The molecule has 0 radical (unpaired) electrons. The maximum atomic E-state index is 11.9. The average Bonchev–Trinajstić information content (AvgIpc) is 2.56. The number of nitrogens with zero attached hydrogens (tertiary/aromatic N) is 3. The fourth-order valence-corrected chi connectivity index (χ4v) is 2.33. The molecule has 0 unspecified atom stereocenters. The van der Waals surface area contributed by atoms with E-state index in [9.17, 15) is 14.9 Å². The Morgan fingerprint density at radius 1 is 1.50 bits per heavy atom. The third-order valence-corrected chi connectivity index (χ3v) is 3.50. The van der Waals surface area contributed by atoms with E-state index in [0.29, 0.717) is 5.69 Å². The quantitative estimate of drug-likeness (QED) is 0.370. The Hall–Kier alpha value is -3.12. The van der Waals surface area contributed by atoms with E-state index in [1.165, 1.54) is 18.3 Å². The first-order chi connectivity index (χ1) is 11.5. The molecule has 1 amide bonds. The predicted octanol–water partition coefficient (Wildman–Crippen LogP) is 2.89. The van der Waals surface area contributed by atoms with E-state index in [1.54, 1.807) is 25.1 Å². The summed E-state index contributed by atoms with van der Waals surface area (Å²) in [5.74, 6) is -0.980. The topological polar surface area (TPSA) is 118 Å². The van der Waals surface area contributed by atoms with Crippen LogP contribution >= 0.6 is 11.8 Å². The summed E-state index contributed by atoms with van der Waals surface area (Å²) in [6.45, 7) is 1.41. The molecule has 0 saturated carbocycles. The van der Waals surface area contributed by atoms with Crippen LogP contribution in [0.1, 0.15) is 5.56 Å². The Morgan fingerprint density at radius 3 is 2.96 bits per heavy atom. The minimum absolute atomic E-state index is 0.0739. The molecule has 0 saturated heterocycles. The molecule has 1 heterocycles. The fraction of sp³-hybridized carbons (Fsp3) is 0.133. The van der Waals surface area contributed by atoms with Crippen LogP contribution in [0.25, 0.3) is 0 Å². The minimum Gasteiger partial charge on any atom is -0.476 e. The van der Waals surface area contributed by atoms with Gasteiger partial charge in [-0.15, -0.1) is 0 Å². The molecule has 0 spiro atoms. The number of thioether (sulfide) groups is 1. The van der Waals surface area contributed by atoms with Crippen molar-refractivity contribution < 1.29 is 14.5 Å². The lowest BCUT2D eigenvalue weighted by molar-refractivity contribution is -0.390. The van der Waals surface area contributed by atoms with Gasteiger partial charge in [0, 0.05) is 10.6 Å². The Bertz CT molecular complexity index is 819. The van der Waals surface area contributed by atoms with E-state index < -0.39 is 16.6 Å². The van der Waals surface area contributed by atoms with Gasteiger partial charge in [-0.1, -0.05) is 0 Å². The number of aromatic nitrogens is 1. The highest BCUT2D eigenvalue weighted by molar-refractivity contribution is 8.03. The van der Waals surface area contributed by atoms with Gasteiger partial charge in [-0.3, -0.25) is 4.79 Å². The van der Waals surface area contributed by atoms with Crippen LogP contribution in [0.3, 0.4) is 0 Å². The lowest BCUT2D eigenvalue weighted by atomic mass is 10.2. The van der Waals surface area contributed by atoms with Crippen molar-refractivity contribution in [3.63, 3.8) is 0 Å². The standard InChI is InChI=1S/C15H12N4O4S/c1-10-7-11(24-9-16)4-5-12(10)18-14(20)8-23-13-3-2-6-17-15(13)19(21)22/h2-7H,8H2,1H3,(H,18,20). The molecule has 9 heteroatoms. The van der Waals surface area contributed by atoms with Crippen LogP contribution < -0.4 is 10.1 Å². The fourth-order valence-electron chi connectivity index (χ4n) is 1.85. The normalized spacial score (nSPS) is 9.83. The van der Waals surface area contributed by atoms with Gasteiger partial charge >= 0.3 is 5.82 Å². The molecule has 122 valence electrons. The highest BCUT2D eigenvalue weighted by atomic mass is 32.2. The Kier molecular flexibility index (Phi) is 5.70. The minimum atomic E-state index is -0.678. The van der Waals surface area contributed by atoms with Crippen LogP contribution in [0.15, 0.2) is 41.4 Å². The summed E-state index contributed by atoms with van der Waals surface area (Å²) in [5, 5.41) is 24.1. The molecule has 1 aromatic heterocycles. The van der Waals surface area contributed by atoms with Gasteiger partial charge in [0.25, 0.3) is 5.91 Å². The Morgan fingerprint density at radius 2 is 2.29 bits per heavy atom. The molecule has 0 atom stereocenters. The Balaban J connectivity index is 2.00. The van der Waals surface area contributed by atoms with E-state index in [2.05, 4.69) is 10.3 Å². The zero-order valence-corrected chi connectivity index (χ0v) is 13.4. The number of rotatable bonds is 6. The van der Waals surface area contributed by atoms with Gasteiger partial charge in [-0.2, -0.15) is 5.26 Å². The summed E-state index contributed by atoms with van der Waals surface area (Å²) in [5.41, 5.74) is 1.36. The van der Waals surface area contributed by atoms with E-state index in [1.807, 2.05) is 5.40 Å². The summed E-state index contributed by atoms with van der Waals surface area (Å²) >= 11 is 1.03. The van der Waals surface area contributed by atoms with Crippen molar-refractivity contribution in [3.05, 3.63) is 52.2 Å². The van der Waals surface area contributed by atoms with E-state index >= 15 is 0 Å². The number of hydrogen-bond donors (Lipinski definition) is 1. The number of nitrogens with one attached hydrogen (secondary N) is 1. The van der Waals surface area contributed by atoms with E-state index in [4.69, 9.17) is 10.00 Å². The van der Waals surface area contributed by atoms with Gasteiger partial charge < -0.3 is 20.2 Å². The van der Waals surface area contributed by atoms with Crippen molar-refractivity contribution >= 4 is 29.2 Å². The number of carbonyl (C=O) groups is 1. The molecule has 1 N–H and O–H groups in total. The maximum Gasteiger partial charge on any atom is 0.406 e. The van der Waals surface area contributed by atoms with Crippen molar-refractivity contribution in [1.82, 2.24) is 4.98 Å². The molecule has 0 fully saturated rings. The maximum absolute atomic E-state index is 11.9. The third kappa shape index (κ3) is 4.44. The van der Waals surface area contributed by atoms with Crippen molar-refractivity contribution in [1.29, 1.82) is 5.26 Å². The van der Waals surface area contributed by atoms with Crippen LogP contribution in [0, 0.1) is 27.7 Å². The zero-order chi connectivity index (χ0) is 17.5. The van der Waals surface area contributed by atoms with Gasteiger partial charge in [0.2, 0.25) is 5.75 Å². The first kappa shape index (κ1) is 17.2. The lowest BCUT2D eigenvalue weighted by Gasteiger charge is -2.10. The van der Waals surface area contributed by atoms with Crippen molar-refractivity contribution in [2.75, 3.05) is 11.9 Å². The first-order valence-electron chi connectivity index (χ1n) is 6.70. The van der Waals surface area contributed by atoms with Gasteiger partial charge in [0.05, 0.1) is 0 Å². The predicted molar refractivity (Wildman–Crippen MR) is 87.7 cm³/mol. The summed E-state index contributed by atoms with van der Waals surface area (Å²) in [6, 6.07) is 8.02. The number of ether oxygens (including phenoxy) is 1. The molecule has 0 aliphatic carbocycles. The average molecular weight is 344 g/mol. The molecular formula is C15H12N4O4S. The summed E-state index contributed by atoms with van der Waals surface area (Å²) < 4.78 is 5.17. The molecule has 2 rings (SSSR count). The monoisotopic (exact) mass is 344 g/mol. The van der Waals surface area contributed by atoms with Gasteiger partial charge in [0.1, 0.15) is 11.6 Å². The summed E-state index contributed by atoms with van der Waals surface area (Å²) in [7, 11) is 0. The number of nitro groups is 1. The molecule has 0 aliphatic heterocycles. The van der Waals surface area contributed by atoms with E-state index in [0.717, 1.165) is 22.2 Å². The molecule has 8 nitrogen and oxygen atoms in total. The molecule has 0 aliphatic rings. The second-order valence-corrected chi connectivity index (χ2v) is 5.45. The third-order valence-electron chi connectivity index (χ3n) is 2.92. The number of nitriles is 1. The zero-order valence-electron chi connectivity index (χ0n) is 12.6. The first-order valence-corrected chi connectivity index (χ1v) is 7.51. The molecule has 24 heavy (non-hydrogen) atoms. The smallest absolute Gasteiger partial charge is 0.406 e. The summed E-state index contributed by atoms with van der Waals surface area (Å²) in [6.07, 6.45) is 1.27. The second kappa shape index (κ2) is 7.94. The SMILES string of the molecule is Cc1cc(SC#N)ccc1NC(=O)COc1cccnc1[N+](=O)[O-]. The highest BCUT2D eigenvalue weighted by Crippen LogP contribution is 2.24. The van der Waals surface area contributed by atoms with Crippen molar-refractivity contribution in [2.24, 2.45) is 0 Å². The lowest BCUT2D eigenvalue weighted by Crippen LogP contribution is -2.21. The Labute approximate surface area is 141 Å². The molecule has 2 aromatic rings. The number of carbonyl (C=O) groups excluding carboxylic acids is 1. The van der Waals surface area contributed by atoms with Crippen LogP contribution in [-0.2, 0) is 4.79 Å². The number of hydrogen-bond acceptors (Lipinski definition) is 7. The van der Waals surface area contributed by atoms with Gasteiger partial charge in [-0.25, -0.2) is 0 Å². The van der Waals surface area contributed by atoms with Crippen molar-refractivity contribution in [2.45, 2.75) is 11.8 Å².